The minimum atomic E-state index is -0.322. The number of rotatable bonds is 8. The van der Waals surface area contributed by atoms with Gasteiger partial charge in [-0.25, -0.2) is 5.10 Å². The van der Waals surface area contributed by atoms with Gasteiger partial charge in [-0.05, 0) is 48.9 Å². The first kappa shape index (κ1) is 23.4. The standard InChI is InChI=1S/C28H24N4O3S/c1-18-15-21(23-9-5-6-10-24(23)29-18)17-35-22-13-11-20(12-14-22)27(33)30-25(19-7-3-2-4-8-19)16-26-31-32-28(34)36-26/h2-15,25H,16-17H2,1H3,(H,30,33)(H,32,34). The van der Waals surface area contributed by atoms with Crippen LogP contribution in [0.4, 0.5) is 0 Å². The topological polar surface area (TPSA) is 97.0 Å². The van der Waals surface area contributed by atoms with Gasteiger partial charge >= 0.3 is 4.87 Å². The van der Waals surface area contributed by atoms with Crippen LogP contribution in [0.15, 0.2) is 89.7 Å². The van der Waals surface area contributed by atoms with E-state index in [9.17, 15) is 9.59 Å². The Kier molecular flexibility index (Phi) is 6.86. The van der Waals surface area contributed by atoms with Crippen molar-refractivity contribution in [2.75, 3.05) is 0 Å². The van der Waals surface area contributed by atoms with Crippen molar-refractivity contribution in [3.05, 3.63) is 122 Å². The minimum Gasteiger partial charge on any atom is -0.489 e. The lowest BCUT2D eigenvalue weighted by Crippen LogP contribution is -2.30. The van der Waals surface area contributed by atoms with E-state index in [1.54, 1.807) is 24.3 Å². The summed E-state index contributed by atoms with van der Waals surface area (Å²) in [5.41, 5.74) is 4.40. The fraction of sp³-hybridized carbons (Fsp3) is 0.143. The molecule has 1 unspecified atom stereocenters. The molecule has 0 bridgehead atoms. The van der Waals surface area contributed by atoms with Crippen LogP contribution < -0.4 is 14.9 Å². The number of fused-ring (bicyclic) bond motifs is 1. The van der Waals surface area contributed by atoms with Gasteiger partial charge in [-0.1, -0.05) is 59.9 Å². The minimum absolute atomic E-state index is 0.214. The summed E-state index contributed by atoms with van der Waals surface area (Å²) in [6.07, 6.45) is 0.416. The van der Waals surface area contributed by atoms with E-state index in [-0.39, 0.29) is 16.8 Å². The smallest absolute Gasteiger partial charge is 0.322 e. The third-order valence-electron chi connectivity index (χ3n) is 5.81. The summed E-state index contributed by atoms with van der Waals surface area (Å²) >= 11 is 1.05. The van der Waals surface area contributed by atoms with Crippen LogP contribution in [0.5, 0.6) is 5.75 Å². The normalized spacial score (nSPS) is 11.8. The Balaban J connectivity index is 1.28. The molecule has 2 aromatic heterocycles. The van der Waals surface area contributed by atoms with Crippen molar-refractivity contribution in [3.8, 4) is 5.75 Å². The predicted molar refractivity (Wildman–Crippen MR) is 140 cm³/mol. The van der Waals surface area contributed by atoms with Crippen molar-refractivity contribution >= 4 is 28.1 Å². The van der Waals surface area contributed by atoms with Crippen LogP contribution in [0, 0.1) is 6.92 Å². The van der Waals surface area contributed by atoms with Gasteiger partial charge in [-0.15, -0.1) is 0 Å². The molecule has 0 aliphatic carbocycles. The molecule has 0 saturated carbocycles. The van der Waals surface area contributed by atoms with Gasteiger partial charge in [-0.2, -0.15) is 5.10 Å². The van der Waals surface area contributed by atoms with E-state index in [0.29, 0.717) is 29.3 Å². The number of nitrogens with zero attached hydrogens (tertiary/aromatic N) is 2. The summed E-state index contributed by atoms with van der Waals surface area (Å²) in [6.45, 7) is 2.37. The molecule has 2 heterocycles. The van der Waals surface area contributed by atoms with Crippen molar-refractivity contribution in [1.29, 1.82) is 0 Å². The van der Waals surface area contributed by atoms with Crippen LogP contribution in [-0.4, -0.2) is 21.1 Å². The van der Waals surface area contributed by atoms with Gasteiger partial charge in [0, 0.05) is 28.6 Å². The van der Waals surface area contributed by atoms with E-state index >= 15 is 0 Å². The molecular weight excluding hydrogens is 472 g/mol. The number of hydrogen-bond donors (Lipinski definition) is 2. The molecule has 0 spiro atoms. The van der Waals surface area contributed by atoms with Gasteiger partial charge in [0.1, 0.15) is 17.4 Å². The van der Waals surface area contributed by atoms with Gasteiger partial charge in [0.05, 0.1) is 11.6 Å². The van der Waals surface area contributed by atoms with Crippen molar-refractivity contribution in [2.45, 2.75) is 26.0 Å². The number of para-hydroxylation sites is 1. The highest BCUT2D eigenvalue weighted by Gasteiger charge is 2.18. The van der Waals surface area contributed by atoms with Crippen molar-refractivity contribution in [3.63, 3.8) is 0 Å². The summed E-state index contributed by atoms with van der Waals surface area (Å²) < 4.78 is 6.02. The van der Waals surface area contributed by atoms with E-state index in [2.05, 4.69) is 20.5 Å². The fourth-order valence-corrected chi connectivity index (χ4v) is 4.73. The monoisotopic (exact) mass is 496 g/mol. The molecule has 5 aromatic rings. The van der Waals surface area contributed by atoms with Crippen LogP contribution in [-0.2, 0) is 13.0 Å². The number of amides is 1. The first-order chi connectivity index (χ1) is 17.5. The van der Waals surface area contributed by atoms with E-state index in [4.69, 9.17) is 4.74 Å². The third-order valence-corrected chi connectivity index (χ3v) is 6.58. The van der Waals surface area contributed by atoms with E-state index in [1.807, 2.05) is 67.6 Å². The number of carbonyl (C=O) groups excluding carboxylic acids is 1. The summed E-state index contributed by atoms with van der Waals surface area (Å²) in [6, 6.07) is 26.4. The lowest BCUT2D eigenvalue weighted by molar-refractivity contribution is 0.0936. The Morgan fingerprint density at radius 1 is 1.03 bits per heavy atom. The molecule has 7 nitrogen and oxygen atoms in total. The largest absolute Gasteiger partial charge is 0.489 e. The second-order valence-corrected chi connectivity index (χ2v) is 9.45. The number of aromatic nitrogens is 3. The Hall–Kier alpha value is -4.30. The Morgan fingerprint density at radius 2 is 1.78 bits per heavy atom. The number of hydrogen-bond acceptors (Lipinski definition) is 6. The zero-order chi connectivity index (χ0) is 24.9. The fourth-order valence-electron chi connectivity index (χ4n) is 4.08. The molecule has 1 atom stereocenters. The SMILES string of the molecule is Cc1cc(COc2ccc(C(=O)NC(Cc3n[nH]c(=O)s3)c3ccccc3)cc2)c2ccccc2n1. The highest BCUT2D eigenvalue weighted by molar-refractivity contribution is 7.08. The van der Waals surface area contributed by atoms with Crippen LogP contribution in [0.3, 0.4) is 0 Å². The molecule has 2 N–H and O–H groups in total. The zero-order valence-corrected chi connectivity index (χ0v) is 20.4. The first-order valence-corrected chi connectivity index (χ1v) is 12.3. The maximum atomic E-state index is 13.1. The molecule has 180 valence electrons. The molecule has 36 heavy (non-hydrogen) atoms. The van der Waals surface area contributed by atoms with Gasteiger partial charge in [0.2, 0.25) is 0 Å². The van der Waals surface area contributed by atoms with Crippen LogP contribution in [0.2, 0.25) is 0 Å². The second kappa shape index (κ2) is 10.5. The molecule has 1 amide bonds. The Labute approximate surface area is 211 Å². The lowest BCUT2D eigenvalue weighted by Gasteiger charge is -2.18. The van der Waals surface area contributed by atoms with Gasteiger partial charge in [-0.3, -0.25) is 14.6 Å². The number of ether oxygens (including phenoxy) is 1. The maximum absolute atomic E-state index is 13.1. The average molecular weight is 497 g/mol. The number of benzene rings is 3. The molecule has 5 rings (SSSR count). The number of H-pyrrole nitrogens is 1. The highest BCUT2D eigenvalue weighted by atomic mass is 32.1. The number of pyridine rings is 1. The number of nitrogens with one attached hydrogen (secondary N) is 2. The number of carbonyl (C=O) groups is 1. The summed E-state index contributed by atoms with van der Waals surface area (Å²) in [5.74, 6) is 0.458. The average Bonchev–Trinajstić information content (AvgIpc) is 3.32. The van der Waals surface area contributed by atoms with Gasteiger partial charge in [0.15, 0.2) is 0 Å². The van der Waals surface area contributed by atoms with E-state index in [0.717, 1.165) is 39.1 Å². The molecule has 0 aliphatic rings. The zero-order valence-electron chi connectivity index (χ0n) is 19.6. The quantitative estimate of drug-likeness (QED) is 0.316. The predicted octanol–water partition coefficient (Wildman–Crippen LogP) is 4.98. The first-order valence-electron chi connectivity index (χ1n) is 11.5. The Morgan fingerprint density at radius 3 is 2.53 bits per heavy atom. The third kappa shape index (κ3) is 5.50. The molecule has 0 fully saturated rings. The van der Waals surface area contributed by atoms with Crippen molar-refractivity contribution in [1.82, 2.24) is 20.5 Å². The van der Waals surface area contributed by atoms with E-state index in [1.165, 1.54) is 0 Å². The van der Waals surface area contributed by atoms with Gasteiger partial charge < -0.3 is 10.1 Å². The molecule has 0 aliphatic heterocycles. The number of aryl methyl sites for hydroxylation is 1. The van der Waals surface area contributed by atoms with Crippen molar-refractivity contribution in [2.24, 2.45) is 0 Å². The molecule has 3 aromatic carbocycles. The highest BCUT2D eigenvalue weighted by Crippen LogP contribution is 2.22. The van der Waals surface area contributed by atoms with Crippen LogP contribution in [0.25, 0.3) is 10.9 Å². The molecular formula is C28H24N4O3S. The summed E-state index contributed by atoms with van der Waals surface area (Å²) in [5, 5.41) is 11.3. The molecule has 8 heteroatoms. The second-order valence-electron chi connectivity index (χ2n) is 8.40. The van der Waals surface area contributed by atoms with E-state index < -0.39 is 0 Å². The van der Waals surface area contributed by atoms with Gasteiger partial charge in [0.25, 0.3) is 5.91 Å². The van der Waals surface area contributed by atoms with Crippen LogP contribution >= 0.6 is 11.3 Å². The summed E-state index contributed by atoms with van der Waals surface area (Å²) in [7, 11) is 0. The van der Waals surface area contributed by atoms with Crippen LogP contribution in [0.1, 0.15) is 38.2 Å². The number of aromatic amines is 1. The van der Waals surface area contributed by atoms with Crippen molar-refractivity contribution < 1.29 is 9.53 Å². The molecule has 0 radical (unpaired) electrons. The Bertz CT molecular complexity index is 1540. The maximum Gasteiger partial charge on any atom is 0.322 e. The molecule has 0 saturated heterocycles. The summed E-state index contributed by atoms with van der Waals surface area (Å²) in [4.78, 5) is 28.9. The lowest BCUT2D eigenvalue weighted by atomic mass is 10.0.